The van der Waals surface area contributed by atoms with Crippen molar-refractivity contribution in [3.63, 3.8) is 0 Å². The van der Waals surface area contributed by atoms with Gasteiger partial charge >= 0.3 is 5.97 Å². The van der Waals surface area contributed by atoms with Crippen LogP contribution in [0.15, 0.2) is 84.9 Å². The Bertz CT molecular complexity index is 1300. The predicted octanol–water partition coefficient (Wildman–Crippen LogP) is 3.08. The van der Waals surface area contributed by atoms with Crippen molar-refractivity contribution >= 4 is 35.2 Å². The molecule has 1 aliphatic rings. The second kappa shape index (κ2) is 12.0. The van der Waals surface area contributed by atoms with Crippen LogP contribution < -0.4 is 10.7 Å². The second-order valence-corrected chi connectivity index (χ2v) is 8.93. The predicted molar refractivity (Wildman–Crippen MR) is 139 cm³/mol. The zero-order valence-electron chi connectivity index (χ0n) is 20.8. The van der Waals surface area contributed by atoms with Crippen LogP contribution in [0.1, 0.15) is 40.7 Å². The fourth-order valence-electron chi connectivity index (χ4n) is 4.22. The van der Waals surface area contributed by atoms with E-state index in [0.29, 0.717) is 11.3 Å². The molecule has 0 radical (unpaired) electrons. The lowest BCUT2D eigenvalue weighted by molar-refractivity contribution is -0.151. The molecule has 0 saturated carbocycles. The quantitative estimate of drug-likeness (QED) is 0.335. The molecule has 1 heterocycles. The highest BCUT2D eigenvalue weighted by molar-refractivity contribution is 5.98. The lowest BCUT2D eigenvalue weighted by atomic mass is 9.91. The molecule has 1 fully saturated rings. The van der Waals surface area contributed by atoms with Crippen molar-refractivity contribution < 1.29 is 28.7 Å². The third-order valence-corrected chi connectivity index (χ3v) is 6.13. The lowest BCUT2D eigenvalue weighted by Crippen LogP contribution is -2.45. The number of nitrogens with zero attached hydrogens (tertiary/aromatic N) is 1. The van der Waals surface area contributed by atoms with E-state index in [2.05, 4.69) is 10.7 Å². The number of esters is 1. The number of hydrogen-bond acceptors (Lipinski definition) is 6. The average molecular weight is 514 g/mol. The maximum absolute atomic E-state index is 13.3. The van der Waals surface area contributed by atoms with Gasteiger partial charge in [-0.15, -0.1) is 0 Å². The molecule has 9 heteroatoms. The normalized spacial score (nSPS) is 14.7. The Labute approximate surface area is 219 Å². The van der Waals surface area contributed by atoms with Gasteiger partial charge in [0, 0.05) is 17.7 Å². The van der Waals surface area contributed by atoms with Gasteiger partial charge < -0.3 is 10.1 Å². The number of ketones is 1. The molecule has 2 N–H and O–H groups in total. The topological polar surface area (TPSA) is 122 Å². The van der Waals surface area contributed by atoms with Crippen molar-refractivity contribution in [3.05, 3.63) is 102 Å². The van der Waals surface area contributed by atoms with Gasteiger partial charge in [-0.2, -0.15) is 0 Å². The summed E-state index contributed by atoms with van der Waals surface area (Å²) in [6, 6.07) is 24.8. The molecule has 3 aromatic carbocycles. The molecule has 0 unspecified atom stereocenters. The molecule has 0 aliphatic carbocycles. The summed E-state index contributed by atoms with van der Waals surface area (Å²) in [6.07, 6.45) is -0.150. The summed E-state index contributed by atoms with van der Waals surface area (Å²) < 4.78 is 5.12. The molecular formula is C29H27N3O6. The molecular weight excluding hydrogens is 486 g/mol. The summed E-state index contributed by atoms with van der Waals surface area (Å²) >= 11 is 0. The van der Waals surface area contributed by atoms with E-state index in [1.54, 1.807) is 18.2 Å². The molecule has 1 saturated heterocycles. The molecule has 0 aromatic heterocycles. The fourth-order valence-corrected chi connectivity index (χ4v) is 4.22. The van der Waals surface area contributed by atoms with E-state index in [1.807, 2.05) is 60.7 Å². The largest absolute Gasteiger partial charge is 0.455 e. The molecule has 0 bridgehead atoms. The van der Waals surface area contributed by atoms with Gasteiger partial charge in [0.1, 0.15) is 0 Å². The van der Waals surface area contributed by atoms with Crippen LogP contribution in [0.3, 0.4) is 0 Å². The molecule has 194 valence electrons. The highest BCUT2D eigenvalue weighted by atomic mass is 16.5. The van der Waals surface area contributed by atoms with Crippen LogP contribution in [-0.2, 0) is 23.9 Å². The maximum Gasteiger partial charge on any atom is 0.311 e. The summed E-state index contributed by atoms with van der Waals surface area (Å²) in [5.74, 6) is -3.76. The zero-order valence-corrected chi connectivity index (χ0v) is 20.8. The summed E-state index contributed by atoms with van der Waals surface area (Å²) in [5, 5.41) is 3.69. The second-order valence-electron chi connectivity index (χ2n) is 8.93. The monoisotopic (exact) mass is 513 g/mol. The molecule has 9 nitrogen and oxygen atoms in total. The Morgan fingerprint density at radius 1 is 0.921 bits per heavy atom. The fraction of sp³-hybridized carbons (Fsp3) is 0.207. The number of carbonyl (C=O) groups is 5. The number of ether oxygens (including phenoxy) is 1. The highest BCUT2D eigenvalue weighted by Gasteiger charge is 2.37. The number of Topliss-reactive ketones (excluding diaryl/α,β-unsaturated/α-hetero) is 1. The number of rotatable bonds is 9. The van der Waals surface area contributed by atoms with Gasteiger partial charge in [0.2, 0.25) is 5.91 Å². The molecule has 0 spiro atoms. The SMILES string of the molecule is CC(=O)c1cccc(NC(=O)COC(=O)[C@@H]2CC(=O)N(NC(=O)C(c3ccccc3)c3ccccc3)C2)c1. The number of anilines is 1. The molecule has 1 aliphatic heterocycles. The van der Waals surface area contributed by atoms with E-state index < -0.39 is 42.1 Å². The summed E-state index contributed by atoms with van der Waals surface area (Å²) in [7, 11) is 0. The summed E-state index contributed by atoms with van der Waals surface area (Å²) in [4.78, 5) is 62.2. The van der Waals surface area contributed by atoms with Crippen LogP contribution >= 0.6 is 0 Å². The van der Waals surface area contributed by atoms with Gasteiger partial charge in [-0.3, -0.25) is 34.4 Å². The van der Waals surface area contributed by atoms with Crippen LogP contribution in [0.2, 0.25) is 0 Å². The van der Waals surface area contributed by atoms with Crippen LogP contribution in [0.5, 0.6) is 0 Å². The number of amides is 3. The van der Waals surface area contributed by atoms with E-state index in [1.165, 1.54) is 13.0 Å². The molecule has 4 rings (SSSR count). The van der Waals surface area contributed by atoms with Crippen LogP contribution in [0.4, 0.5) is 5.69 Å². The first-order valence-electron chi connectivity index (χ1n) is 12.1. The average Bonchev–Trinajstić information content (AvgIpc) is 3.28. The summed E-state index contributed by atoms with van der Waals surface area (Å²) in [5.41, 5.74) is 5.01. The molecule has 3 amide bonds. The standard InChI is InChI=1S/C29H27N3O6/c1-19(33)22-13-8-14-24(15-22)30-25(34)18-38-29(37)23-16-26(35)32(17-23)31-28(36)27(20-9-4-2-5-10-20)21-11-6-3-7-12-21/h2-15,23,27H,16-18H2,1H3,(H,30,34)(H,31,36)/t23-/m1/s1. The number of nitrogens with one attached hydrogen (secondary N) is 2. The van der Waals surface area contributed by atoms with E-state index in [0.717, 1.165) is 16.1 Å². The molecule has 38 heavy (non-hydrogen) atoms. The van der Waals surface area contributed by atoms with Crippen molar-refractivity contribution in [1.82, 2.24) is 10.4 Å². The van der Waals surface area contributed by atoms with Crippen molar-refractivity contribution in [2.24, 2.45) is 5.92 Å². The Morgan fingerprint density at radius 2 is 1.55 bits per heavy atom. The van der Waals surface area contributed by atoms with E-state index >= 15 is 0 Å². The third kappa shape index (κ3) is 6.50. The van der Waals surface area contributed by atoms with Crippen molar-refractivity contribution in [2.75, 3.05) is 18.5 Å². The first-order valence-corrected chi connectivity index (χ1v) is 12.1. The van der Waals surface area contributed by atoms with E-state index in [9.17, 15) is 24.0 Å². The minimum Gasteiger partial charge on any atom is -0.455 e. The Hall–Kier alpha value is -4.79. The van der Waals surface area contributed by atoms with E-state index in [4.69, 9.17) is 4.74 Å². The van der Waals surface area contributed by atoms with Crippen molar-refractivity contribution in [2.45, 2.75) is 19.3 Å². The van der Waals surface area contributed by atoms with Crippen molar-refractivity contribution in [3.8, 4) is 0 Å². The molecule has 3 aromatic rings. The van der Waals surface area contributed by atoms with Crippen LogP contribution in [0, 0.1) is 5.92 Å². The van der Waals surface area contributed by atoms with Crippen molar-refractivity contribution in [1.29, 1.82) is 0 Å². The minimum atomic E-state index is -0.830. The Balaban J connectivity index is 1.33. The Kier molecular flexibility index (Phi) is 8.27. The number of hydrogen-bond donors (Lipinski definition) is 2. The van der Waals surface area contributed by atoms with Crippen LogP contribution in [0.25, 0.3) is 0 Å². The van der Waals surface area contributed by atoms with E-state index in [-0.39, 0.29) is 18.7 Å². The minimum absolute atomic E-state index is 0.0675. The smallest absolute Gasteiger partial charge is 0.311 e. The summed E-state index contributed by atoms with van der Waals surface area (Å²) in [6.45, 7) is 0.799. The number of hydrazine groups is 1. The Morgan fingerprint density at radius 3 is 2.16 bits per heavy atom. The lowest BCUT2D eigenvalue weighted by Gasteiger charge is -2.23. The van der Waals surface area contributed by atoms with Gasteiger partial charge in [-0.1, -0.05) is 72.8 Å². The molecule has 1 atom stereocenters. The third-order valence-electron chi connectivity index (χ3n) is 6.13. The highest BCUT2D eigenvalue weighted by Crippen LogP contribution is 2.26. The van der Waals surface area contributed by atoms with Gasteiger partial charge in [-0.25, -0.2) is 0 Å². The number of carbonyl (C=O) groups excluding carboxylic acids is 5. The number of benzene rings is 3. The van der Waals surface area contributed by atoms with Gasteiger partial charge in [-0.05, 0) is 30.2 Å². The van der Waals surface area contributed by atoms with Gasteiger partial charge in [0.05, 0.1) is 18.4 Å². The zero-order chi connectivity index (χ0) is 27.1. The van der Waals surface area contributed by atoms with Gasteiger partial charge in [0.15, 0.2) is 12.4 Å². The first-order chi connectivity index (χ1) is 18.3. The maximum atomic E-state index is 13.3. The van der Waals surface area contributed by atoms with Crippen LogP contribution in [-0.4, -0.2) is 47.6 Å². The first kappa shape index (κ1) is 26.3. The van der Waals surface area contributed by atoms with Gasteiger partial charge in [0.25, 0.3) is 11.8 Å².